The summed E-state index contributed by atoms with van der Waals surface area (Å²) in [7, 11) is 0. The van der Waals surface area contributed by atoms with Crippen molar-refractivity contribution in [3.63, 3.8) is 0 Å². The van der Waals surface area contributed by atoms with Crippen molar-refractivity contribution >= 4 is 28.8 Å². The summed E-state index contributed by atoms with van der Waals surface area (Å²) in [6, 6.07) is 1.38. The molecule has 0 spiro atoms. The molecule has 0 aliphatic heterocycles. The number of aliphatic hydroxyl groups excluding tert-OH is 1. The smallest absolute Gasteiger partial charge is 0.294 e. The molecule has 2 heterocycles. The van der Waals surface area contributed by atoms with E-state index in [2.05, 4.69) is 4.98 Å². The van der Waals surface area contributed by atoms with Gasteiger partial charge in [0.05, 0.1) is 17.2 Å². The molecule has 6 nitrogen and oxygen atoms in total. The highest BCUT2D eigenvalue weighted by Crippen LogP contribution is 2.42. The van der Waals surface area contributed by atoms with Crippen molar-refractivity contribution in [1.82, 2.24) is 4.98 Å². The highest BCUT2D eigenvalue weighted by atomic mass is 32.2. The Labute approximate surface area is 104 Å². The first-order chi connectivity index (χ1) is 8.08. The van der Waals surface area contributed by atoms with Crippen LogP contribution in [0.25, 0.3) is 0 Å². The van der Waals surface area contributed by atoms with Crippen LogP contribution >= 0.6 is 23.1 Å². The topological polar surface area (TPSA) is 89.4 Å². The molecule has 1 atom stereocenters. The Morgan fingerprint density at radius 3 is 3.00 bits per heavy atom. The molecule has 0 bridgehead atoms. The van der Waals surface area contributed by atoms with Gasteiger partial charge in [0.2, 0.25) is 0 Å². The quantitative estimate of drug-likeness (QED) is 0.680. The van der Waals surface area contributed by atoms with Gasteiger partial charge in [-0.15, -0.1) is 11.3 Å². The molecule has 0 unspecified atom stereocenters. The van der Waals surface area contributed by atoms with E-state index in [0.717, 1.165) is 11.8 Å². The van der Waals surface area contributed by atoms with Gasteiger partial charge in [-0.25, -0.2) is 4.98 Å². The minimum Gasteiger partial charge on any atom is -0.440 e. The third-order valence-corrected chi connectivity index (χ3v) is 4.26. The van der Waals surface area contributed by atoms with E-state index in [-0.39, 0.29) is 5.69 Å². The van der Waals surface area contributed by atoms with Gasteiger partial charge in [0.15, 0.2) is 0 Å². The van der Waals surface area contributed by atoms with Crippen LogP contribution in [0.15, 0.2) is 32.4 Å². The largest absolute Gasteiger partial charge is 0.440 e. The van der Waals surface area contributed by atoms with Crippen LogP contribution in [-0.4, -0.2) is 15.0 Å². The summed E-state index contributed by atoms with van der Waals surface area (Å²) in [5.41, 5.74) is -0.0332. The maximum atomic E-state index is 10.9. The van der Waals surface area contributed by atoms with Crippen molar-refractivity contribution < 1.29 is 14.4 Å². The van der Waals surface area contributed by atoms with E-state index in [0.29, 0.717) is 14.3 Å². The van der Waals surface area contributed by atoms with Gasteiger partial charge in [0, 0.05) is 10.9 Å². The van der Waals surface area contributed by atoms with Crippen LogP contribution in [0.4, 0.5) is 5.69 Å². The lowest BCUT2D eigenvalue weighted by atomic mass is 10.3. The highest BCUT2D eigenvalue weighted by Gasteiger charge is 2.22. The Hall–Kier alpha value is -1.38. The summed E-state index contributed by atoms with van der Waals surface area (Å²) in [5, 5.41) is 20.6. The van der Waals surface area contributed by atoms with Gasteiger partial charge in [-0.3, -0.25) is 10.1 Å². The van der Waals surface area contributed by atoms with E-state index in [1.807, 2.05) is 0 Å². The molecule has 0 saturated heterocycles. The lowest BCUT2D eigenvalue weighted by Gasteiger charge is -1.95. The second-order valence-corrected chi connectivity index (χ2v) is 5.46. The second kappa shape index (κ2) is 4.86. The average molecular weight is 272 g/mol. The predicted molar refractivity (Wildman–Crippen MR) is 62.2 cm³/mol. The highest BCUT2D eigenvalue weighted by molar-refractivity contribution is 8.01. The van der Waals surface area contributed by atoms with Gasteiger partial charge in [-0.2, -0.15) is 0 Å². The first-order valence-corrected chi connectivity index (χ1v) is 6.24. The van der Waals surface area contributed by atoms with E-state index in [9.17, 15) is 15.2 Å². The molecule has 0 saturated carbocycles. The summed E-state index contributed by atoms with van der Waals surface area (Å²) in [6.45, 7) is 1.56. The zero-order chi connectivity index (χ0) is 12.4. The third-order valence-electron chi connectivity index (χ3n) is 1.90. The molecular formula is C9H8N2O4S2. The fourth-order valence-electron chi connectivity index (χ4n) is 1.13. The molecule has 8 heteroatoms. The minimum absolute atomic E-state index is 0.0332. The van der Waals surface area contributed by atoms with Crippen LogP contribution in [0.5, 0.6) is 0 Å². The zero-order valence-corrected chi connectivity index (χ0v) is 10.3. The van der Waals surface area contributed by atoms with Crippen LogP contribution in [0.2, 0.25) is 0 Å². The van der Waals surface area contributed by atoms with Gasteiger partial charge in [-0.1, -0.05) is 0 Å². The monoisotopic (exact) mass is 272 g/mol. The summed E-state index contributed by atoms with van der Waals surface area (Å²) in [5.74, 6) is 0. The number of rotatable bonds is 4. The molecule has 90 valence electrons. The van der Waals surface area contributed by atoms with E-state index in [4.69, 9.17) is 4.42 Å². The fraction of sp³-hybridized carbons (Fsp3) is 0.222. The molecule has 2 rings (SSSR count). The van der Waals surface area contributed by atoms with Crippen LogP contribution in [-0.2, 0) is 0 Å². The van der Waals surface area contributed by atoms with E-state index in [1.54, 1.807) is 6.92 Å². The second-order valence-electron chi connectivity index (χ2n) is 3.15. The molecule has 0 aliphatic rings. The molecule has 2 aromatic heterocycles. The third kappa shape index (κ3) is 2.65. The number of nitro groups is 1. The fourth-order valence-corrected chi connectivity index (χ4v) is 3.21. The Morgan fingerprint density at radius 1 is 1.71 bits per heavy atom. The van der Waals surface area contributed by atoms with Gasteiger partial charge < -0.3 is 9.52 Å². The number of thiophene rings is 1. The Balaban J connectivity index is 2.34. The van der Waals surface area contributed by atoms with Gasteiger partial charge in [0.25, 0.3) is 10.9 Å². The summed E-state index contributed by atoms with van der Waals surface area (Å²) in [4.78, 5) is 14.8. The molecule has 0 aliphatic carbocycles. The van der Waals surface area contributed by atoms with Crippen molar-refractivity contribution in [2.45, 2.75) is 22.5 Å². The molecule has 0 radical (unpaired) electrons. The number of aliphatic hydroxyl groups is 1. The van der Waals surface area contributed by atoms with Crippen molar-refractivity contribution in [2.24, 2.45) is 0 Å². The predicted octanol–water partition coefficient (Wildman–Crippen LogP) is 2.85. The number of aromatic nitrogens is 1. The van der Waals surface area contributed by atoms with Gasteiger partial charge in [0.1, 0.15) is 10.5 Å². The molecule has 1 N–H and O–H groups in total. The lowest BCUT2D eigenvalue weighted by molar-refractivity contribution is -0.387. The summed E-state index contributed by atoms with van der Waals surface area (Å²) < 4.78 is 5.47. The van der Waals surface area contributed by atoms with E-state index < -0.39 is 11.0 Å². The van der Waals surface area contributed by atoms with Crippen molar-refractivity contribution in [3.05, 3.63) is 33.5 Å². The Bertz CT molecular complexity index is 521. The molecule has 0 aromatic carbocycles. The summed E-state index contributed by atoms with van der Waals surface area (Å²) in [6.07, 6.45) is 2.15. The zero-order valence-electron chi connectivity index (χ0n) is 8.69. The van der Waals surface area contributed by atoms with E-state index in [1.165, 1.54) is 29.9 Å². The Morgan fingerprint density at radius 2 is 2.47 bits per heavy atom. The summed E-state index contributed by atoms with van der Waals surface area (Å²) >= 11 is 2.24. The van der Waals surface area contributed by atoms with Crippen LogP contribution in [0.3, 0.4) is 0 Å². The first-order valence-electron chi connectivity index (χ1n) is 4.61. The van der Waals surface area contributed by atoms with Crippen molar-refractivity contribution in [1.29, 1.82) is 0 Å². The standard InChI is InChI=1S/C9H8N2O4S2/c1-5(12)7-4-6(11(13)14)8(16-7)17-9-10-2-3-15-9/h2-5,12H,1H3/t5-/m0/s1. The number of hydrogen-bond donors (Lipinski definition) is 1. The van der Waals surface area contributed by atoms with Crippen molar-refractivity contribution in [2.75, 3.05) is 0 Å². The Kier molecular flexibility index (Phi) is 3.46. The number of hydrogen-bond acceptors (Lipinski definition) is 7. The average Bonchev–Trinajstić information content (AvgIpc) is 2.87. The molecule has 17 heavy (non-hydrogen) atoms. The normalized spacial score (nSPS) is 12.6. The molecule has 0 amide bonds. The van der Waals surface area contributed by atoms with Crippen LogP contribution in [0, 0.1) is 10.1 Å². The van der Waals surface area contributed by atoms with Gasteiger partial charge >= 0.3 is 0 Å². The first kappa shape index (κ1) is 12.1. The number of nitrogens with zero attached hydrogens (tertiary/aromatic N) is 2. The van der Waals surface area contributed by atoms with Crippen LogP contribution in [0.1, 0.15) is 17.9 Å². The van der Waals surface area contributed by atoms with Gasteiger partial charge in [-0.05, 0) is 18.7 Å². The number of oxazole rings is 1. The molecular weight excluding hydrogens is 264 g/mol. The minimum atomic E-state index is -0.724. The maximum Gasteiger partial charge on any atom is 0.294 e. The van der Waals surface area contributed by atoms with E-state index >= 15 is 0 Å². The SMILES string of the molecule is C[C@H](O)c1cc([N+](=O)[O-])c(Sc2ncco2)s1. The lowest BCUT2D eigenvalue weighted by Crippen LogP contribution is -1.87. The van der Waals surface area contributed by atoms with Crippen molar-refractivity contribution in [3.8, 4) is 0 Å². The molecule has 2 aromatic rings. The molecule has 0 fully saturated rings. The maximum absolute atomic E-state index is 10.9. The van der Waals surface area contributed by atoms with Crippen LogP contribution < -0.4 is 0 Å².